The van der Waals surface area contributed by atoms with Gasteiger partial charge in [0.1, 0.15) is 11.3 Å². The van der Waals surface area contributed by atoms with Crippen LogP contribution in [0.5, 0.6) is 5.75 Å². The second-order valence-corrected chi connectivity index (χ2v) is 6.74. The average Bonchev–Trinajstić information content (AvgIpc) is 2.65. The molecule has 0 saturated heterocycles. The van der Waals surface area contributed by atoms with E-state index in [0.717, 1.165) is 42.2 Å². The van der Waals surface area contributed by atoms with Crippen molar-refractivity contribution >= 4 is 22.8 Å². The first-order valence-corrected chi connectivity index (χ1v) is 9.18. The van der Waals surface area contributed by atoms with Crippen molar-refractivity contribution in [3.8, 4) is 5.75 Å². The van der Waals surface area contributed by atoms with Crippen molar-refractivity contribution in [2.24, 2.45) is 0 Å². The number of carboxylic acid groups (broad SMARTS) is 1. The first-order valence-electron chi connectivity index (χ1n) is 9.18. The maximum absolute atomic E-state index is 12.2. The van der Waals surface area contributed by atoms with Gasteiger partial charge in [-0.05, 0) is 63.1 Å². The van der Waals surface area contributed by atoms with Crippen LogP contribution in [0.15, 0.2) is 27.4 Å². The van der Waals surface area contributed by atoms with Crippen molar-refractivity contribution in [2.75, 3.05) is 6.54 Å². The standard InChI is InChI=1S/C20H23NO6/c1-12(19(24)21-10-4-7-18(22)23)26-13-8-9-15-14-5-2-3-6-16(14)20(25)27-17(15)11-13/h8-9,11-12H,2-7,10H2,1H3,(H,21,24)(H,22,23)/p-1/t12-/m1/s1. The Bertz CT molecular complexity index is 917. The van der Waals surface area contributed by atoms with Gasteiger partial charge in [-0.25, -0.2) is 4.79 Å². The zero-order chi connectivity index (χ0) is 19.4. The molecule has 0 saturated carbocycles. The lowest BCUT2D eigenvalue weighted by atomic mass is 9.91. The van der Waals surface area contributed by atoms with E-state index in [1.54, 1.807) is 19.1 Å². The summed E-state index contributed by atoms with van der Waals surface area (Å²) in [5.41, 5.74) is 1.98. The summed E-state index contributed by atoms with van der Waals surface area (Å²) >= 11 is 0. The van der Waals surface area contributed by atoms with E-state index in [4.69, 9.17) is 9.15 Å². The summed E-state index contributed by atoms with van der Waals surface area (Å²) < 4.78 is 11.1. The number of ether oxygens (including phenoxy) is 1. The van der Waals surface area contributed by atoms with Crippen LogP contribution in [0.3, 0.4) is 0 Å². The van der Waals surface area contributed by atoms with Crippen molar-refractivity contribution in [3.63, 3.8) is 0 Å². The largest absolute Gasteiger partial charge is 0.550 e. The third-order valence-electron chi connectivity index (χ3n) is 4.73. The molecule has 144 valence electrons. The van der Waals surface area contributed by atoms with E-state index in [2.05, 4.69) is 5.32 Å². The Labute approximate surface area is 156 Å². The molecule has 3 rings (SSSR count). The van der Waals surface area contributed by atoms with E-state index in [-0.39, 0.29) is 24.5 Å². The number of fused-ring (bicyclic) bond motifs is 3. The summed E-state index contributed by atoms with van der Waals surface area (Å²) in [6.07, 6.45) is 3.09. The van der Waals surface area contributed by atoms with Crippen LogP contribution in [0.2, 0.25) is 0 Å². The van der Waals surface area contributed by atoms with Gasteiger partial charge < -0.3 is 24.4 Å². The van der Waals surface area contributed by atoms with Crippen molar-refractivity contribution in [2.45, 2.75) is 51.6 Å². The molecule has 0 fully saturated rings. The van der Waals surface area contributed by atoms with Gasteiger partial charge >= 0.3 is 5.63 Å². The molecule has 0 bridgehead atoms. The lowest BCUT2D eigenvalue weighted by Gasteiger charge is -2.18. The van der Waals surface area contributed by atoms with E-state index in [1.165, 1.54) is 0 Å². The summed E-state index contributed by atoms with van der Waals surface area (Å²) in [4.78, 5) is 34.6. The maximum atomic E-state index is 12.2. The summed E-state index contributed by atoms with van der Waals surface area (Å²) in [5.74, 6) is -1.06. The number of carbonyl (C=O) groups is 2. The van der Waals surface area contributed by atoms with Crippen LogP contribution in [0.4, 0.5) is 0 Å². The fourth-order valence-electron chi connectivity index (χ4n) is 3.34. The van der Waals surface area contributed by atoms with Gasteiger partial charge in [0.15, 0.2) is 6.10 Å². The molecule has 0 spiro atoms. The van der Waals surface area contributed by atoms with Crippen molar-refractivity contribution in [3.05, 3.63) is 39.7 Å². The molecule has 1 amide bonds. The molecule has 1 N–H and O–H groups in total. The molecule has 1 aliphatic carbocycles. The number of aliphatic carboxylic acids is 1. The van der Waals surface area contributed by atoms with Crippen LogP contribution >= 0.6 is 0 Å². The number of rotatable bonds is 7. The molecular weight excluding hydrogens is 350 g/mol. The van der Waals surface area contributed by atoms with Gasteiger partial charge in [0.25, 0.3) is 5.91 Å². The first kappa shape index (κ1) is 18.9. The Kier molecular flexibility index (Phi) is 5.78. The van der Waals surface area contributed by atoms with Crippen LogP contribution < -0.4 is 20.8 Å². The topological polar surface area (TPSA) is 109 Å². The smallest absolute Gasteiger partial charge is 0.339 e. The number of carboxylic acids is 1. The summed E-state index contributed by atoms with van der Waals surface area (Å²) in [5, 5.41) is 13.9. The van der Waals surface area contributed by atoms with Crippen molar-refractivity contribution in [1.29, 1.82) is 0 Å². The Morgan fingerprint density at radius 1 is 1.26 bits per heavy atom. The normalized spacial score (nSPS) is 14.4. The first-order chi connectivity index (χ1) is 13.0. The molecule has 1 aromatic heterocycles. The fraction of sp³-hybridized carbons (Fsp3) is 0.450. The van der Waals surface area contributed by atoms with Gasteiger partial charge in [0.2, 0.25) is 0 Å². The number of amides is 1. The van der Waals surface area contributed by atoms with Crippen LogP contribution in [0.25, 0.3) is 11.0 Å². The number of hydrogen-bond acceptors (Lipinski definition) is 6. The lowest BCUT2D eigenvalue weighted by Crippen LogP contribution is -2.37. The summed E-state index contributed by atoms with van der Waals surface area (Å²) in [6, 6.07) is 5.25. The van der Waals surface area contributed by atoms with Crippen molar-refractivity contribution in [1.82, 2.24) is 5.32 Å². The number of nitrogens with one attached hydrogen (secondary N) is 1. The third kappa shape index (κ3) is 4.48. The molecule has 0 radical (unpaired) electrons. The zero-order valence-electron chi connectivity index (χ0n) is 15.2. The molecule has 0 aliphatic heterocycles. The zero-order valence-corrected chi connectivity index (χ0v) is 15.2. The highest BCUT2D eigenvalue weighted by molar-refractivity contribution is 5.83. The van der Waals surface area contributed by atoms with E-state index in [9.17, 15) is 19.5 Å². The Morgan fingerprint density at radius 3 is 2.74 bits per heavy atom. The number of hydrogen-bond donors (Lipinski definition) is 1. The molecular formula is C20H22NO6-. The van der Waals surface area contributed by atoms with Gasteiger partial charge in [-0.3, -0.25) is 4.79 Å². The van der Waals surface area contributed by atoms with E-state index >= 15 is 0 Å². The lowest BCUT2D eigenvalue weighted by molar-refractivity contribution is -0.305. The molecule has 1 atom stereocenters. The van der Waals surface area contributed by atoms with Crippen LogP contribution in [0.1, 0.15) is 43.7 Å². The predicted molar refractivity (Wildman–Crippen MR) is 96.5 cm³/mol. The molecule has 1 heterocycles. The minimum absolute atomic E-state index is 0.108. The highest BCUT2D eigenvalue weighted by Gasteiger charge is 2.19. The molecule has 7 nitrogen and oxygen atoms in total. The van der Waals surface area contributed by atoms with Crippen molar-refractivity contribution < 1.29 is 23.8 Å². The van der Waals surface area contributed by atoms with Crippen LogP contribution in [-0.4, -0.2) is 24.5 Å². The highest BCUT2D eigenvalue weighted by Crippen LogP contribution is 2.29. The Morgan fingerprint density at radius 2 is 2.00 bits per heavy atom. The summed E-state index contributed by atoms with van der Waals surface area (Å²) in [6.45, 7) is 1.83. The predicted octanol–water partition coefficient (Wildman–Crippen LogP) is 1.09. The second kappa shape index (κ2) is 8.24. The van der Waals surface area contributed by atoms with E-state index < -0.39 is 12.1 Å². The Balaban J connectivity index is 1.69. The molecule has 7 heteroatoms. The quantitative estimate of drug-likeness (QED) is 0.576. The van der Waals surface area contributed by atoms with E-state index in [0.29, 0.717) is 17.8 Å². The molecule has 2 aromatic rings. The van der Waals surface area contributed by atoms with Gasteiger partial charge in [-0.1, -0.05) is 0 Å². The highest BCUT2D eigenvalue weighted by atomic mass is 16.5. The van der Waals surface area contributed by atoms with Gasteiger partial charge in [-0.15, -0.1) is 0 Å². The van der Waals surface area contributed by atoms with Crippen LogP contribution in [-0.2, 0) is 22.4 Å². The van der Waals surface area contributed by atoms with Gasteiger partial charge in [0, 0.05) is 29.5 Å². The molecule has 1 aromatic carbocycles. The molecule has 0 unspecified atom stereocenters. The van der Waals surface area contributed by atoms with Crippen LogP contribution in [0, 0.1) is 0 Å². The van der Waals surface area contributed by atoms with E-state index in [1.807, 2.05) is 6.07 Å². The summed E-state index contributed by atoms with van der Waals surface area (Å²) in [7, 11) is 0. The third-order valence-corrected chi connectivity index (χ3v) is 4.73. The van der Waals surface area contributed by atoms with Gasteiger partial charge in [-0.2, -0.15) is 0 Å². The average molecular weight is 372 g/mol. The number of benzene rings is 1. The number of aryl methyl sites for hydroxylation is 1. The minimum atomic E-state index is -1.15. The fourth-order valence-corrected chi connectivity index (χ4v) is 3.34. The SMILES string of the molecule is C[C@@H](Oc1ccc2c3c(c(=O)oc2c1)CCCC3)C(=O)NCCCC(=O)[O-]. The number of carbonyl (C=O) groups excluding carboxylic acids is 2. The maximum Gasteiger partial charge on any atom is 0.339 e. The monoisotopic (exact) mass is 372 g/mol. The molecule has 1 aliphatic rings. The Hall–Kier alpha value is -2.83. The minimum Gasteiger partial charge on any atom is -0.550 e. The second-order valence-electron chi connectivity index (χ2n) is 6.74. The van der Waals surface area contributed by atoms with Gasteiger partial charge in [0.05, 0.1) is 0 Å². The molecule has 27 heavy (non-hydrogen) atoms.